The molecule has 0 unspecified atom stereocenters. The maximum absolute atomic E-state index is 12.9. The van der Waals surface area contributed by atoms with Gasteiger partial charge in [-0.2, -0.15) is 0 Å². The second-order valence-corrected chi connectivity index (χ2v) is 2.91. The summed E-state index contributed by atoms with van der Waals surface area (Å²) in [6.45, 7) is 0. The Morgan fingerprint density at radius 1 is 1.25 bits per heavy atom. The summed E-state index contributed by atoms with van der Waals surface area (Å²) in [5, 5.41) is 17.0. The van der Waals surface area contributed by atoms with E-state index in [1.165, 1.54) is 6.07 Å². The van der Waals surface area contributed by atoms with Crippen LogP contribution in [0.3, 0.4) is 0 Å². The van der Waals surface area contributed by atoms with Crippen LogP contribution in [0.1, 0.15) is 22.3 Å². The van der Waals surface area contributed by atoms with Gasteiger partial charge in [0.25, 0.3) is 0 Å². The van der Waals surface area contributed by atoms with Crippen molar-refractivity contribution in [3.05, 3.63) is 35.1 Å². The predicted octanol–water partition coefficient (Wildman–Crippen LogP) is 1.35. The van der Waals surface area contributed by atoms with Crippen molar-refractivity contribution in [1.82, 2.24) is 0 Å². The molecule has 0 atom stereocenters. The number of aromatic carboxylic acids is 1. The molecule has 0 amide bonds. The highest BCUT2D eigenvalue weighted by molar-refractivity contribution is 5.88. The zero-order valence-corrected chi connectivity index (χ0v) is 8.03. The van der Waals surface area contributed by atoms with Crippen molar-refractivity contribution in [1.29, 1.82) is 0 Å². The van der Waals surface area contributed by atoms with E-state index >= 15 is 0 Å². The highest BCUT2D eigenvalue weighted by Crippen LogP contribution is 2.08. The lowest BCUT2D eigenvalue weighted by Crippen LogP contribution is -1.98. The lowest BCUT2D eigenvalue weighted by molar-refractivity contribution is -0.135. The molecular formula is C11H7FO4. The van der Waals surface area contributed by atoms with Crippen molar-refractivity contribution in [3.63, 3.8) is 0 Å². The third-order valence-corrected chi connectivity index (χ3v) is 1.62. The molecule has 1 aromatic carbocycles. The summed E-state index contributed by atoms with van der Waals surface area (Å²) in [6, 6.07) is 3.09. The van der Waals surface area contributed by atoms with Gasteiger partial charge in [-0.1, -0.05) is 11.8 Å². The largest absolute Gasteiger partial charge is 0.481 e. The minimum Gasteiger partial charge on any atom is -0.481 e. The van der Waals surface area contributed by atoms with Crippen molar-refractivity contribution < 1.29 is 24.2 Å². The molecule has 4 nitrogen and oxygen atoms in total. The molecule has 0 aliphatic heterocycles. The molecule has 82 valence electrons. The molecule has 1 aromatic rings. The molecular weight excluding hydrogens is 215 g/mol. The predicted molar refractivity (Wildman–Crippen MR) is 52.5 cm³/mol. The minimum absolute atomic E-state index is 0.138. The Bertz CT molecular complexity index is 496. The number of rotatable bonds is 2. The van der Waals surface area contributed by atoms with E-state index < -0.39 is 17.8 Å². The summed E-state index contributed by atoms with van der Waals surface area (Å²) < 4.78 is 12.9. The zero-order chi connectivity index (χ0) is 12.1. The summed E-state index contributed by atoms with van der Waals surface area (Å²) in [4.78, 5) is 20.7. The van der Waals surface area contributed by atoms with Crippen molar-refractivity contribution >= 4 is 11.9 Å². The lowest BCUT2D eigenvalue weighted by atomic mass is 10.1. The number of carboxylic acids is 2. The van der Waals surface area contributed by atoms with Crippen molar-refractivity contribution in [2.24, 2.45) is 0 Å². The third kappa shape index (κ3) is 3.42. The van der Waals surface area contributed by atoms with Gasteiger partial charge < -0.3 is 10.2 Å². The van der Waals surface area contributed by atoms with E-state index in [1.54, 1.807) is 0 Å². The smallest absolute Gasteiger partial charge is 0.335 e. The number of hydrogen-bond donors (Lipinski definition) is 2. The quantitative estimate of drug-likeness (QED) is 0.740. The highest BCUT2D eigenvalue weighted by Gasteiger charge is 2.05. The van der Waals surface area contributed by atoms with Gasteiger partial charge in [0.05, 0.1) is 5.56 Å². The normalized spacial score (nSPS) is 9.06. The summed E-state index contributed by atoms with van der Waals surface area (Å²) >= 11 is 0. The van der Waals surface area contributed by atoms with Gasteiger partial charge in [-0.15, -0.1) is 0 Å². The minimum atomic E-state index is -1.26. The SMILES string of the molecule is O=C(O)CC#Cc1cc(F)cc(C(=O)O)c1. The van der Waals surface area contributed by atoms with Crippen LogP contribution in [0.2, 0.25) is 0 Å². The van der Waals surface area contributed by atoms with Crippen LogP contribution in [0.4, 0.5) is 4.39 Å². The van der Waals surface area contributed by atoms with E-state index in [2.05, 4.69) is 11.8 Å². The Morgan fingerprint density at radius 3 is 2.50 bits per heavy atom. The van der Waals surface area contributed by atoms with Crippen LogP contribution >= 0.6 is 0 Å². The molecule has 0 aliphatic carbocycles. The molecule has 0 radical (unpaired) electrons. The number of aliphatic carboxylic acids is 1. The highest BCUT2D eigenvalue weighted by atomic mass is 19.1. The van der Waals surface area contributed by atoms with Crippen molar-refractivity contribution in [2.75, 3.05) is 0 Å². The van der Waals surface area contributed by atoms with E-state index in [-0.39, 0.29) is 17.5 Å². The Morgan fingerprint density at radius 2 is 1.94 bits per heavy atom. The van der Waals surface area contributed by atoms with Crippen LogP contribution < -0.4 is 0 Å². The van der Waals surface area contributed by atoms with Crippen molar-refractivity contribution in [2.45, 2.75) is 6.42 Å². The van der Waals surface area contributed by atoms with Crippen LogP contribution in [-0.4, -0.2) is 22.2 Å². The summed E-state index contributed by atoms with van der Waals surface area (Å²) in [5.74, 6) is 1.58. The first kappa shape index (κ1) is 11.7. The van der Waals surface area contributed by atoms with E-state index in [1.807, 2.05) is 0 Å². The topological polar surface area (TPSA) is 74.6 Å². The maximum Gasteiger partial charge on any atom is 0.335 e. The summed E-state index contributed by atoms with van der Waals surface area (Å²) in [5.41, 5.74) is -0.0849. The molecule has 5 heteroatoms. The number of carbonyl (C=O) groups is 2. The molecule has 2 N–H and O–H groups in total. The third-order valence-electron chi connectivity index (χ3n) is 1.62. The van der Waals surface area contributed by atoms with Crippen molar-refractivity contribution in [3.8, 4) is 11.8 Å². The van der Waals surface area contributed by atoms with Crippen LogP contribution in [-0.2, 0) is 4.79 Å². The molecule has 0 saturated carbocycles. The summed E-state index contributed by atoms with van der Waals surface area (Å²) in [6.07, 6.45) is -0.376. The van der Waals surface area contributed by atoms with Gasteiger partial charge in [0, 0.05) is 5.56 Å². The molecule has 0 spiro atoms. The monoisotopic (exact) mass is 222 g/mol. The number of benzene rings is 1. The standard InChI is InChI=1S/C11H7FO4/c12-9-5-7(2-1-3-10(13)14)4-8(6-9)11(15)16/h4-6H,3H2,(H,13,14)(H,15,16). The van der Waals surface area contributed by atoms with Gasteiger partial charge in [0.1, 0.15) is 12.2 Å². The average molecular weight is 222 g/mol. The first-order valence-electron chi connectivity index (χ1n) is 4.23. The van der Waals surface area contributed by atoms with Crippen LogP contribution in [0, 0.1) is 17.7 Å². The van der Waals surface area contributed by atoms with E-state index in [9.17, 15) is 14.0 Å². The van der Waals surface area contributed by atoms with E-state index in [0.717, 1.165) is 12.1 Å². The van der Waals surface area contributed by atoms with Crippen LogP contribution in [0.25, 0.3) is 0 Å². The number of halogens is 1. The molecule has 0 bridgehead atoms. The fraction of sp³-hybridized carbons (Fsp3) is 0.0909. The molecule has 16 heavy (non-hydrogen) atoms. The fourth-order valence-electron chi connectivity index (χ4n) is 1.01. The molecule has 0 aliphatic rings. The Hall–Kier alpha value is -2.35. The first-order valence-corrected chi connectivity index (χ1v) is 4.23. The molecule has 1 rings (SSSR count). The zero-order valence-electron chi connectivity index (χ0n) is 8.03. The average Bonchev–Trinajstić information content (AvgIpc) is 2.16. The second kappa shape index (κ2) is 4.94. The second-order valence-electron chi connectivity index (χ2n) is 2.91. The Balaban J connectivity index is 2.99. The van der Waals surface area contributed by atoms with Gasteiger partial charge in [-0.25, -0.2) is 9.18 Å². The van der Waals surface area contributed by atoms with E-state index in [0.29, 0.717) is 0 Å². The molecule has 0 heterocycles. The van der Waals surface area contributed by atoms with Gasteiger partial charge in [0.2, 0.25) is 0 Å². The van der Waals surface area contributed by atoms with Crippen LogP contribution in [0.5, 0.6) is 0 Å². The molecule has 0 fully saturated rings. The number of carboxylic acid groups (broad SMARTS) is 2. The van der Waals surface area contributed by atoms with Gasteiger partial charge in [-0.3, -0.25) is 4.79 Å². The van der Waals surface area contributed by atoms with Gasteiger partial charge in [-0.05, 0) is 18.2 Å². The Labute approximate surface area is 90.3 Å². The fourth-order valence-corrected chi connectivity index (χ4v) is 1.01. The molecule has 0 saturated heterocycles. The maximum atomic E-state index is 12.9. The molecule has 0 aromatic heterocycles. The van der Waals surface area contributed by atoms with E-state index in [4.69, 9.17) is 10.2 Å². The van der Waals surface area contributed by atoms with Gasteiger partial charge >= 0.3 is 11.9 Å². The Kier molecular flexibility index (Phi) is 3.62. The number of hydrogen-bond acceptors (Lipinski definition) is 2. The summed E-state index contributed by atoms with van der Waals surface area (Å²) in [7, 11) is 0. The van der Waals surface area contributed by atoms with Gasteiger partial charge in [0.15, 0.2) is 0 Å². The van der Waals surface area contributed by atoms with Crippen LogP contribution in [0.15, 0.2) is 18.2 Å². The lowest BCUT2D eigenvalue weighted by Gasteiger charge is -1.96. The first-order chi connectivity index (χ1) is 7.49.